The monoisotopic (exact) mass is 420 g/mol. The standard InChI is InChI=1S/C22H29ClN2O2S/c1-4-5-13-24(22(27)18(3)23)16-21(26)25(14-19-9-7-6-8-10-19)15-20-12-11-17(2)28-20/h6-12,18H,4-5,13-16H2,1-3H3/t18-/m1/s1. The molecule has 0 spiro atoms. The molecule has 152 valence electrons. The Morgan fingerprint density at radius 3 is 2.36 bits per heavy atom. The second kappa shape index (κ2) is 11.2. The summed E-state index contributed by atoms with van der Waals surface area (Å²) in [5.74, 6) is -0.244. The summed E-state index contributed by atoms with van der Waals surface area (Å²) in [6, 6.07) is 14.1. The van der Waals surface area contributed by atoms with Gasteiger partial charge in [-0.1, -0.05) is 43.7 Å². The molecule has 1 atom stereocenters. The number of hydrogen-bond acceptors (Lipinski definition) is 3. The zero-order valence-electron chi connectivity index (χ0n) is 16.9. The third-order valence-electron chi connectivity index (χ3n) is 4.47. The fraction of sp³-hybridized carbons (Fsp3) is 0.455. The summed E-state index contributed by atoms with van der Waals surface area (Å²) in [5, 5.41) is -0.632. The summed E-state index contributed by atoms with van der Waals surface area (Å²) in [6.45, 7) is 7.45. The molecular formula is C22H29ClN2O2S. The van der Waals surface area contributed by atoms with Gasteiger partial charge in [-0.3, -0.25) is 9.59 Å². The Morgan fingerprint density at radius 1 is 1.07 bits per heavy atom. The molecule has 2 aromatic rings. The molecular weight excluding hydrogens is 392 g/mol. The van der Waals surface area contributed by atoms with Gasteiger partial charge in [0.2, 0.25) is 11.8 Å². The van der Waals surface area contributed by atoms with Crippen molar-refractivity contribution in [3.8, 4) is 0 Å². The molecule has 1 aromatic carbocycles. The number of benzene rings is 1. The van der Waals surface area contributed by atoms with Crippen LogP contribution in [-0.4, -0.2) is 40.1 Å². The molecule has 1 aromatic heterocycles. The van der Waals surface area contributed by atoms with Crippen LogP contribution in [0, 0.1) is 6.92 Å². The van der Waals surface area contributed by atoms with Crippen LogP contribution >= 0.6 is 22.9 Å². The highest BCUT2D eigenvalue weighted by Crippen LogP contribution is 2.19. The number of thiophene rings is 1. The third-order valence-corrected chi connectivity index (χ3v) is 5.64. The molecule has 0 saturated carbocycles. The summed E-state index contributed by atoms with van der Waals surface area (Å²) < 4.78 is 0. The molecule has 2 rings (SSSR count). The minimum Gasteiger partial charge on any atom is -0.332 e. The molecule has 6 heteroatoms. The lowest BCUT2D eigenvalue weighted by molar-refractivity contribution is -0.141. The van der Waals surface area contributed by atoms with Gasteiger partial charge < -0.3 is 9.80 Å². The first kappa shape index (κ1) is 22.4. The van der Waals surface area contributed by atoms with Gasteiger partial charge in [-0.25, -0.2) is 0 Å². The average Bonchev–Trinajstić information content (AvgIpc) is 3.09. The number of amides is 2. The van der Waals surface area contributed by atoms with Gasteiger partial charge >= 0.3 is 0 Å². The van der Waals surface area contributed by atoms with Crippen molar-refractivity contribution in [3.05, 3.63) is 57.8 Å². The molecule has 0 radical (unpaired) electrons. The van der Waals surface area contributed by atoms with Crippen LogP contribution in [-0.2, 0) is 22.7 Å². The van der Waals surface area contributed by atoms with E-state index in [0.29, 0.717) is 19.6 Å². The van der Waals surface area contributed by atoms with Gasteiger partial charge in [-0.15, -0.1) is 22.9 Å². The average molecular weight is 421 g/mol. The van der Waals surface area contributed by atoms with Crippen LogP contribution in [0.4, 0.5) is 0 Å². The van der Waals surface area contributed by atoms with Crippen molar-refractivity contribution < 1.29 is 9.59 Å². The number of carbonyl (C=O) groups is 2. The van der Waals surface area contributed by atoms with Gasteiger partial charge in [0.25, 0.3) is 0 Å². The first-order valence-corrected chi connectivity index (χ1v) is 11.0. The summed E-state index contributed by atoms with van der Waals surface area (Å²) >= 11 is 7.71. The van der Waals surface area contributed by atoms with Crippen LogP contribution in [0.15, 0.2) is 42.5 Å². The molecule has 4 nitrogen and oxygen atoms in total. The van der Waals surface area contributed by atoms with Crippen LogP contribution < -0.4 is 0 Å². The fourth-order valence-electron chi connectivity index (χ4n) is 2.93. The predicted octanol–water partition coefficient (Wildman–Crippen LogP) is 4.84. The first-order valence-electron chi connectivity index (χ1n) is 9.70. The Labute approximate surface area is 177 Å². The van der Waals surface area contributed by atoms with Gasteiger partial charge in [0.15, 0.2) is 0 Å². The number of carbonyl (C=O) groups excluding carboxylic acids is 2. The zero-order valence-corrected chi connectivity index (χ0v) is 18.4. The van der Waals surface area contributed by atoms with E-state index in [1.807, 2.05) is 35.2 Å². The van der Waals surface area contributed by atoms with Crippen LogP contribution in [0.3, 0.4) is 0 Å². The van der Waals surface area contributed by atoms with Gasteiger partial charge in [0, 0.05) is 22.8 Å². The van der Waals surface area contributed by atoms with E-state index in [9.17, 15) is 9.59 Å². The number of hydrogen-bond donors (Lipinski definition) is 0. The molecule has 0 fully saturated rings. The summed E-state index contributed by atoms with van der Waals surface area (Å²) in [7, 11) is 0. The molecule has 0 unspecified atom stereocenters. The topological polar surface area (TPSA) is 40.6 Å². The lowest BCUT2D eigenvalue weighted by Gasteiger charge is -2.28. The fourth-order valence-corrected chi connectivity index (χ4v) is 3.97. The number of rotatable bonds is 10. The Morgan fingerprint density at radius 2 is 1.79 bits per heavy atom. The molecule has 0 bridgehead atoms. The van der Waals surface area contributed by atoms with Crippen LogP contribution in [0.2, 0.25) is 0 Å². The van der Waals surface area contributed by atoms with E-state index in [0.717, 1.165) is 23.3 Å². The van der Waals surface area contributed by atoms with E-state index in [1.165, 1.54) is 4.88 Å². The predicted molar refractivity (Wildman–Crippen MR) is 117 cm³/mol. The Bertz CT molecular complexity index is 761. The summed E-state index contributed by atoms with van der Waals surface area (Å²) in [4.78, 5) is 31.4. The number of unbranched alkanes of at least 4 members (excludes halogenated alkanes) is 1. The van der Waals surface area contributed by atoms with Crippen molar-refractivity contribution in [3.63, 3.8) is 0 Å². The molecule has 1 heterocycles. The second-order valence-electron chi connectivity index (χ2n) is 6.98. The van der Waals surface area contributed by atoms with E-state index >= 15 is 0 Å². The zero-order chi connectivity index (χ0) is 20.5. The van der Waals surface area contributed by atoms with Crippen molar-refractivity contribution >= 4 is 34.8 Å². The second-order valence-corrected chi connectivity index (χ2v) is 9.00. The molecule has 2 amide bonds. The molecule has 0 aliphatic heterocycles. The highest BCUT2D eigenvalue weighted by molar-refractivity contribution is 7.11. The van der Waals surface area contributed by atoms with Gasteiger partial charge in [0.05, 0.1) is 13.1 Å². The number of aryl methyl sites for hydroxylation is 1. The third kappa shape index (κ3) is 6.95. The molecule has 0 aliphatic rings. The maximum absolute atomic E-state index is 13.2. The number of halogens is 1. The SMILES string of the molecule is CCCCN(CC(=O)N(Cc1ccccc1)Cc1ccc(C)s1)C(=O)[C@@H](C)Cl. The Kier molecular flexibility index (Phi) is 9.00. The van der Waals surface area contributed by atoms with Crippen LogP contribution in [0.1, 0.15) is 42.0 Å². The maximum Gasteiger partial charge on any atom is 0.242 e. The smallest absolute Gasteiger partial charge is 0.242 e. The van der Waals surface area contributed by atoms with Crippen LogP contribution in [0.5, 0.6) is 0 Å². The van der Waals surface area contributed by atoms with Gasteiger partial charge in [-0.2, -0.15) is 0 Å². The van der Waals surface area contributed by atoms with E-state index in [1.54, 1.807) is 23.2 Å². The van der Waals surface area contributed by atoms with Crippen molar-refractivity contribution in [2.24, 2.45) is 0 Å². The summed E-state index contributed by atoms with van der Waals surface area (Å²) in [5.41, 5.74) is 1.07. The minimum absolute atomic E-state index is 0.0586. The largest absolute Gasteiger partial charge is 0.332 e. The van der Waals surface area contributed by atoms with Gasteiger partial charge in [-0.05, 0) is 38.0 Å². The molecule has 0 saturated heterocycles. The lowest BCUT2D eigenvalue weighted by atomic mass is 10.2. The molecule has 28 heavy (non-hydrogen) atoms. The number of nitrogens with zero attached hydrogens (tertiary/aromatic N) is 2. The van der Waals surface area contributed by atoms with Crippen molar-refractivity contribution in [1.82, 2.24) is 9.80 Å². The quantitative estimate of drug-likeness (QED) is 0.516. The Hall–Kier alpha value is -1.85. The van der Waals surface area contributed by atoms with Crippen molar-refractivity contribution in [2.45, 2.75) is 52.1 Å². The van der Waals surface area contributed by atoms with E-state index < -0.39 is 5.38 Å². The normalized spacial score (nSPS) is 11.9. The van der Waals surface area contributed by atoms with Crippen LogP contribution in [0.25, 0.3) is 0 Å². The summed E-state index contributed by atoms with van der Waals surface area (Å²) in [6.07, 6.45) is 1.81. The Balaban J connectivity index is 2.16. The number of alkyl halides is 1. The van der Waals surface area contributed by atoms with E-state index in [4.69, 9.17) is 11.6 Å². The minimum atomic E-state index is -0.632. The van der Waals surface area contributed by atoms with Gasteiger partial charge in [0.1, 0.15) is 5.38 Å². The maximum atomic E-state index is 13.2. The molecule has 0 N–H and O–H groups in total. The lowest BCUT2D eigenvalue weighted by Crippen LogP contribution is -2.44. The van der Waals surface area contributed by atoms with E-state index in [-0.39, 0.29) is 18.4 Å². The van der Waals surface area contributed by atoms with Crippen molar-refractivity contribution in [2.75, 3.05) is 13.1 Å². The first-order chi connectivity index (χ1) is 13.4. The highest BCUT2D eigenvalue weighted by atomic mass is 35.5. The van der Waals surface area contributed by atoms with Crippen molar-refractivity contribution in [1.29, 1.82) is 0 Å². The molecule has 0 aliphatic carbocycles. The highest BCUT2D eigenvalue weighted by Gasteiger charge is 2.24. The van der Waals surface area contributed by atoms with E-state index in [2.05, 4.69) is 26.0 Å².